The number of hydrogen-bond acceptors (Lipinski definition) is 4. The second-order valence-electron chi connectivity index (χ2n) is 6.59. The number of likely N-dealkylation sites (tertiary alicyclic amines) is 1. The van der Waals surface area contributed by atoms with Gasteiger partial charge >= 0.3 is 0 Å². The molecule has 1 atom stereocenters. The zero-order valence-electron chi connectivity index (χ0n) is 15.1. The molecule has 1 aromatic heterocycles. The Bertz CT molecular complexity index is 696. The van der Waals surface area contributed by atoms with Crippen molar-refractivity contribution in [1.82, 2.24) is 14.7 Å². The van der Waals surface area contributed by atoms with Crippen LogP contribution in [0.1, 0.15) is 35.6 Å². The van der Waals surface area contributed by atoms with Gasteiger partial charge < -0.3 is 9.47 Å². The average Bonchev–Trinajstić information content (AvgIpc) is 3.02. The number of piperidine rings is 1. The number of aromatic nitrogens is 2. The van der Waals surface area contributed by atoms with Crippen molar-refractivity contribution in [3.05, 3.63) is 41.2 Å². The largest absolute Gasteiger partial charge is 0.493 e. The molecule has 1 fully saturated rings. The van der Waals surface area contributed by atoms with Crippen molar-refractivity contribution in [1.29, 1.82) is 0 Å². The van der Waals surface area contributed by atoms with Crippen molar-refractivity contribution < 1.29 is 9.47 Å². The Labute approximate surface area is 144 Å². The molecule has 0 amide bonds. The molecule has 2 heterocycles. The summed E-state index contributed by atoms with van der Waals surface area (Å²) in [6, 6.07) is 6.33. The molecule has 0 N–H and O–H groups in total. The molecule has 0 spiro atoms. The van der Waals surface area contributed by atoms with E-state index in [2.05, 4.69) is 35.1 Å². The normalized spacial score (nSPS) is 18.6. The zero-order valence-corrected chi connectivity index (χ0v) is 15.1. The fourth-order valence-electron chi connectivity index (χ4n) is 3.66. The van der Waals surface area contributed by atoms with Gasteiger partial charge in [-0.25, -0.2) is 0 Å². The summed E-state index contributed by atoms with van der Waals surface area (Å²) in [5.74, 6) is 2.16. The molecule has 1 saturated heterocycles. The van der Waals surface area contributed by atoms with E-state index in [1.807, 2.05) is 17.9 Å². The number of methoxy groups -OCH3 is 2. The predicted octanol–water partition coefficient (Wildman–Crippen LogP) is 3.13. The van der Waals surface area contributed by atoms with Crippen LogP contribution >= 0.6 is 0 Å². The van der Waals surface area contributed by atoms with Gasteiger partial charge in [-0.15, -0.1) is 0 Å². The van der Waals surface area contributed by atoms with Crippen molar-refractivity contribution in [2.75, 3.05) is 27.3 Å². The maximum Gasteiger partial charge on any atom is 0.161 e. The van der Waals surface area contributed by atoms with Gasteiger partial charge in [0.05, 0.1) is 14.2 Å². The highest BCUT2D eigenvalue weighted by Crippen LogP contribution is 2.32. The van der Waals surface area contributed by atoms with Crippen molar-refractivity contribution in [3.8, 4) is 11.5 Å². The average molecular weight is 329 g/mol. The Hall–Kier alpha value is -2.01. The van der Waals surface area contributed by atoms with Crippen molar-refractivity contribution >= 4 is 0 Å². The Balaban J connectivity index is 1.75. The van der Waals surface area contributed by atoms with E-state index in [9.17, 15) is 0 Å². The molecular formula is C19H27N3O2. The number of ether oxygens (including phenoxy) is 2. The molecule has 1 aliphatic rings. The van der Waals surface area contributed by atoms with E-state index in [-0.39, 0.29) is 0 Å². The fraction of sp³-hybridized carbons (Fsp3) is 0.526. The van der Waals surface area contributed by atoms with Crippen LogP contribution < -0.4 is 9.47 Å². The zero-order chi connectivity index (χ0) is 17.1. The van der Waals surface area contributed by atoms with Crippen LogP contribution in [0, 0.1) is 6.92 Å². The third-order valence-corrected chi connectivity index (χ3v) is 5.02. The molecule has 5 heteroatoms. The second kappa shape index (κ2) is 7.26. The maximum atomic E-state index is 5.46. The van der Waals surface area contributed by atoms with Gasteiger partial charge in [-0.2, -0.15) is 5.10 Å². The van der Waals surface area contributed by atoms with Gasteiger partial charge in [0.1, 0.15) is 0 Å². The Morgan fingerprint density at radius 3 is 2.62 bits per heavy atom. The van der Waals surface area contributed by atoms with E-state index in [1.165, 1.54) is 29.7 Å². The second-order valence-corrected chi connectivity index (χ2v) is 6.59. The van der Waals surface area contributed by atoms with Crippen molar-refractivity contribution in [2.24, 2.45) is 7.05 Å². The standard InChI is InChI=1S/C19H27N3O2/c1-14-10-18(23-3)19(24-4)11-16(14)13-22-9-5-6-15(12-22)17-7-8-20-21(17)2/h7-8,10-11,15H,5-6,9,12-13H2,1-4H3/t15-/m0/s1. The molecule has 1 aliphatic heterocycles. The van der Waals surface area contributed by atoms with E-state index < -0.39 is 0 Å². The highest BCUT2D eigenvalue weighted by atomic mass is 16.5. The lowest BCUT2D eigenvalue weighted by atomic mass is 9.94. The van der Waals surface area contributed by atoms with Gasteiger partial charge in [-0.3, -0.25) is 9.58 Å². The van der Waals surface area contributed by atoms with E-state index >= 15 is 0 Å². The van der Waals surface area contributed by atoms with Crippen molar-refractivity contribution in [3.63, 3.8) is 0 Å². The van der Waals surface area contributed by atoms with Crippen molar-refractivity contribution in [2.45, 2.75) is 32.2 Å². The first-order valence-corrected chi connectivity index (χ1v) is 8.54. The number of aryl methyl sites for hydroxylation is 2. The SMILES string of the molecule is COc1cc(C)c(CN2CCC[C@H](c3ccnn3C)C2)cc1OC. The van der Waals surface area contributed by atoms with Crippen LogP contribution in [0.15, 0.2) is 24.4 Å². The van der Waals surface area contributed by atoms with Gasteiger partial charge in [-0.1, -0.05) is 0 Å². The van der Waals surface area contributed by atoms with Crippen LogP contribution in [0.2, 0.25) is 0 Å². The van der Waals surface area contributed by atoms with E-state index in [0.717, 1.165) is 31.1 Å². The Morgan fingerprint density at radius 1 is 1.21 bits per heavy atom. The molecule has 0 bridgehead atoms. The number of hydrogen-bond donors (Lipinski definition) is 0. The van der Waals surface area contributed by atoms with Crippen LogP contribution in [0.5, 0.6) is 11.5 Å². The maximum absolute atomic E-state index is 5.46. The van der Waals surface area contributed by atoms with Crippen LogP contribution in [0.3, 0.4) is 0 Å². The summed E-state index contributed by atoms with van der Waals surface area (Å²) in [4.78, 5) is 2.54. The first kappa shape index (κ1) is 16.8. The van der Waals surface area contributed by atoms with E-state index in [4.69, 9.17) is 9.47 Å². The van der Waals surface area contributed by atoms with Gasteiger partial charge in [0, 0.05) is 37.9 Å². The first-order chi connectivity index (χ1) is 11.6. The van der Waals surface area contributed by atoms with Gasteiger partial charge in [0.2, 0.25) is 0 Å². The summed E-state index contributed by atoms with van der Waals surface area (Å²) < 4.78 is 12.9. The molecule has 2 aromatic rings. The van der Waals surface area contributed by atoms with Gasteiger partial charge in [0.15, 0.2) is 11.5 Å². The third-order valence-electron chi connectivity index (χ3n) is 5.02. The van der Waals surface area contributed by atoms with Crippen LogP contribution in [0.4, 0.5) is 0 Å². The van der Waals surface area contributed by atoms with Crippen LogP contribution in [-0.4, -0.2) is 42.0 Å². The lowest BCUT2D eigenvalue weighted by Crippen LogP contribution is -2.34. The summed E-state index contributed by atoms with van der Waals surface area (Å²) >= 11 is 0. The predicted molar refractivity (Wildman–Crippen MR) is 94.7 cm³/mol. The molecule has 5 nitrogen and oxygen atoms in total. The van der Waals surface area contributed by atoms with Crippen LogP contribution in [-0.2, 0) is 13.6 Å². The Morgan fingerprint density at radius 2 is 1.96 bits per heavy atom. The summed E-state index contributed by atoms with van der Waals surface area (Å²) in [5.41, 5.74) is 3.89. The topological polar surface area (TPSA) is 39.5 Å². The summed E-state index contributed by atoms with van der Waals surface area (Å²) in [6.45, 7) is 5.30. The third kappa shape index (κ3) is 3.41. The molecule has 130 valence electrons. The Kier molecular flexibility index (Phi) is 5.09. The minimum atomic E-state index is 0.562. The highest BCUT2D eigenvalue weighted by molar-refractivity contribution is 5.47. The van der Waals surface area contributed by atoms with Crippen LogP contribution in [0.25, 0.3) is 0 Å². The minimum Gasteiger partial charge on any atom is -0.493 e. The van der Waals surface area contributed by atoms with E-state index in [1.54, 1.807) is 14.2 Å². The number of benzene rings is 1. The van der Waals surface area contributed by atoms with E-state index in [0.29, 0.717) is 5.92 Å². The highest BCUT2D eigenvalue weighted by Gasteiger charge is 2.24. The first-order valence-electron chi connectivity index (χ1n) is 8.54. The lowest BCUT2D eigenvalue weighted by Gasteiger charge is -2.33. The summed E-state index contributed by atoms with van der Waals surface area (Å²) in [6.07, 6.45) is 4.36. The summed E-state index contributed by atoms with van der Waals surface area (Å²) in [7, 11) is 5.41. The quantitative estimate of drug-likeness (QED) is 0.845. The molecule has 0 unspecified atom stereocenters. The molecule has 0 radical (unpaired) electrons. The molecule has 1 aromatic carbocycles. The molecule has 24 heavy (non-hydrogen) atoms. The molecule has 3 rings (SSSR count). The fourth-order valence-corrected chi connectivity index (χ4v) is 3.66. The molecular weight excluding hydrogens is 302 g/mol. The van der Waals surface area contributed by atoms with Gasteiger partial charge in [0.25, 0.3) is 0 Å². The smallest absolute Gasteiger partial charge is 0.161 e. The summed E-state index contributed by atoms with van der Waals surface area (Å²) in [5, 5.41) is 4.32. The monoisotopic (exact) mass is 329 g/mol. The number of nitrogens with zero attached hydrogens (tertiary/aromatic N) is 3. The number of rotatable bonds is 5. The lowest BCUT2D eigenvalue weighted by molar-refractivity contribution is 0.196. The molecule has 0 aliphatic carbocycles. The minimum absolute atomic E-state index is 0.562. The molecule has 0 saturated carbocycles. The van der Waals surface area contributed by atoms with Gasteiger partial charge in [-0.05, 0) is 55.6 Å².